The van der Waals surface area contributed by atoms with Crippen molar-refractivity contribution >= 4 is 29.1 Å². The Morgan fingerprint density at radius 1 is 1.27 bits per heavy atom. The van der Waals surface area contributed by atoms with Gasteiger partial charge in [-0.3, -0.25) is 4.79 Å². The van der Waals surface area contributed by atoms with Gasteiger partial charge >= 0.3 is 0 Å². The highest BCUT2D eigenvalue weighted by atomic mass is 35.5. The van der Waals surface area contributed by atoms with Crippen LogP contribution in [0.25, 0.3) is 5.69 Å². The van der Waals surface area contributed by atoms with Gasteiger partial charge in [-0.1, -0.05) is 37.0 Å². The molecule has 0 saturated carbocycles. The summed E-state index contributed by atoms with van der Waals surface area (Å²) in [5, 5.41) is 8.32. The Labute approximate surface area is 140 Å². The molecule has 22 heavy (non-hydrogen) atoms. The highest BCUT2D eigenvalue weighted by Crippen LogP contribution is 2.26. The summed E-state index contributed by atoms with van der Waals surface area (Å²) >= 11 is 12.0. The first-order chi connectivity index (χ1) is 10.3. The van der Waals surface area contributed by atoms with E-state index in [1.54, 1.807) is 16.8 Å². The van der Waals surface area contributed by atoms with Crippen molar-refractivity contribution in [1.29, 1.82) is 0 Å². The van der Waals surface area contributed by atoms with E-state index in [0.717, 1.165) is 11.4 Å². The molecule has 0 aliphatic heterocycles. The Kier molecular flexibility index (Phi) is 5.14. The van der Waals surface area contributed by atoms with E-state index in [1.165, 1.54) is 0 Å². The molecule has 1 heterocycles. The molecular weight excluding hydrogens is 321 g/mol. The number of hydrogen-bond acceptors (Lipinski definition) is 2. The van der Waals surface area contributed by atoms with Crippen molar-refractivity contribution in [1.82, 2.24) is 15.1 Å². The van der Waals surface area contributed by atoms with Gasteiger partial charge < -0.3 is 5.32 Å². The smallest absolute Gasteiger partial charge is 0.255 e. The Morgan fingerprint density at radius 3 is 2.55 bits per heavy atom. The van der Waals surface area contributed by atoms with E-state index in [0.29, 0.717) is 33.8 Å². The Morgan fingerprint density at radius 2 is 1.95 bits per heavy atom. The average Bonchev–Trinajstić information content (AvgIpc) is 2.74. The Bertz CT molecular complexity index is 708. The van der Waals surface area contributed by atoms with Crippen LogP contribution in [0.4, 0.5) is 0 Å². The van der Waals surface area contributed by atoms with Crippen LogP contribution in [-0.2, 0) is 0 Å². The first-order valence-electron chi connectivity index (χ1n) is 7.11. The molecule has 0 unspecified atom stereocenters. The normalized spacial score (nSPS) is 11.0. The van der Waals surface area contributed by atoms with Crippen molar-refractivity contribution in [2.45, 2.75) is 27.7 Å². The third-order valence-electron chi connectivity index (χ3n) is 3.34. The number of amides is 1. The van der Waals surface area contributed by atoms with Crippen LogP contribution in [0.5, 0.6) is 0 Å². The van der Waals surface area contributed by atoms with Gasteiger partial charge in [-0.2, -0.15) is 5.10 Å². The molecule has 1 N–H and O–H groups in total. The van der Waals surface area contributed by atoms with E-state index < -0.39 is 0 Å². The van der Waals surface area contributed by atoms with Gasteiger partial charge in [-0.25, -0.2) is 4.68 Å². The SMILES string of the molecule is Cc1nn(-c2ccc(Cl)c(Cl)c2)c(C)c1C(=O)NCC(C)C. The van der Waals surface area contributed by atoms with Gasteiger partial charge in [0.15, 0.2) is 0 Å². The number of nitrogens with zero attached hydrogens (tertiary/aromatic N) is 2. The van der Waals surface area contributed by atoms with Gasteiger partial charge in [-0.05, 0) is 38.0 Å². The highest BCUT2D eigenvalue weighted by Gasteiger charge is 2.19. The Hall–Kier alpha value is -1.52. The molecule has 4 nitrogen and oxygen atoms in total. The summed E-state index contributed by atoms with van der Waals surface area (Å²) in [6.45, 7) is 8.44. The number of rotatable bonds is 4. The summed E-state index contributed by atoms with van der Waals surface area (Å²) in [6, 6.07) is 5.27. The predicted octanol–water partition coefficient (Wildman–Crippen LogP) is 4.18. The second kappa shape index (κ2) is 6.71. The van der Waals surface area contributed by atoms with Gasteiger partial charge in [0.05, 0.1) is 32.7 Å². The average molecular weight is 340 g/mol. The van der Waals surface area contributed by atoms with Crippen molar-refractivity contribution < 1.29 is 4.79 Å². The lowest BCUT2D eigenvalue weighted by molar-refractivity contribution is 0.0948. The van der Waals surface area contributed by atoms with Gasteiger partial charge in [0.2, 0.25) is 0 Å². The van der Waals surface area contributed by atoms with Crippen LogP contribution >= 0.6 is 23.2 Å². The zero-order valence-electron chi connectivity index (χ0n) is 13.1. The fraction of sp³-hybridized carbons (Fsp3) is 0.375. The molecule has 0 bridgehead atoms. The summed E-state index contributed by atoms with van der Waals surface area (Å²) in [4.78, 5) is 12.3. The number of carbonyl (C=O) groups excluding carboxylic acids is 1. The van der Waals surface area contributed by atoms with Gasteiger partial charge in [0, 0.05) is 6.54 Å². The molecular formula is C16H19Cl2N3O. The first kappa shape index (κ1) is 16.8. The zero-order chi connectivity index (χ0) is 16.4. The summed E-state index contributed by atoms with van der Waals surface area (Å²) in [5.41, 5.74) is 2.84. The maximum atomic E-state index is 12.3. The third-order valence-corrected chi connectivity index (χ3v) is 4.08. The van der Waals surface area contributed by atoms with Crippen LogP contribution in [0.15, 0.2) is 18.2 Å². The lowest BCUT2D eigenvalue weighted by Crippen LogP contribution is -2.28. The van der Waals surface area contributed by atoms with Gasteiger partial charge in [0.25, 0.3) is 5.91 Å². The van der Waals surface area contributed by atoms with Gasteiger partial charge in [-0.15, -0.1) is 0 Å². The number of carbonyl (C=O) groups is 1. The minimum absolute atomic E-state index is 0.102. The van der Waals surface area contributed by atoms with E-state index in [2.05, 4.69) is 24.3 Å². The van der Waals surface area contributed by atoms with Crippen molar-refractivity contribution in [3.63, 3.8) is 0 Å². The number of hydrogen-bond donors (Lipinski definition) is 1. The van der Waals surface area contributed by atoms with E-state index in [-0.39, 0.29) is 5.91 Å². The van der Waals surface area contributed by atoms with Crippen molar-refractivity contribution in [2.24, 2.45) is 5.92 Å². The van der Waals surface area contributed by atoms with E-state index in [1.807, 2.05) is 19.9 Å². The summed E-state index contributed by atoms with van der Waals surface area (Å²) < 4.78 is 1.71. The lowest BCUT2D eigenvalue weighted by atomic mass is 10.1. The second-order valence-electron chi connectivity index (χ2n) is 5.66. The fourth-order valence-electron chi connectivity index (χ4n) is 2.22. The van der Waals surface area contributed by atoms with E-state index in [9.17, 15) is 4.79 Å². The van der Waals surface area contributed by atoms with Crippen molar-refractivity contribution in [2.75, 3.05) is 6.54 Å². The summed E-state index contributed by atoms with van der Waals surface area (Å²) in [5.74, 6) is 0.296. The van der Waals surface area contributed by atoms with Crippen molar-refractivity contribution in [3.05, 3.63) is 45.2 Å². The first-order valence-corrected chi connectivity index (χ1v) is 7.86. The minimum atomic E-state index is -0.102. The lowest BCUT2D eigenvalue weighted by Gasteiger charge is -2.09. The number of nitrogens with one attached hydrogen (secondary N) is 1. The second-order valence-corrected chi connectivity index (χ2v) is 6.47. The highest BCUT2D eigenvalue weighted by molar-refractivity contribution is 6.42. The molecule has 2 aromatic rings. The summed E-state index contributed by atoms with van der Waals surface area (Å²) in [7, 11) is 0. The van der Waals surface area contributed by atoms with Crippen LogP contribution in [0.1, 0.15) is 35.6 Å². The molecule has 1 aromatic heterocycles. The molecule has 1 aromatic carbocycles. The molecule has 0 aliphatic rings. The molecule has 0 radical (unpaired) electrons. The van der Waals surface area contributed by atoms with Gasteiger partial charge in [0.1, 0.15) is 0 Å². The minimum Gasteiger partial charge on any atom is -0.352 e. The third kappa shape index (κ3) is 3.45. The monoisotopic (exact) mass is 339 g/mol. The molecule has 0 fully saturated rings. The summed E-state index contributed by atoms with van der Waals surface area (Å²) in [6.07, 6.45) is 0. The fourth-order valence-corrected chi connectivity index (χ4v) is 2.52. The molecule has 1 amide bonds. The molecule has 6 heteroatoms. The molecule has 0 spiro atoms. The quantitative estimate of drug-likeness (QED) is 0.907. The number of aryl methyl sites for hydroxylation is 1. The molecule has 0 atom stereocenters. The number of halogens is 2. The van der Waals surface area contributed by atoms with Crippen LogP contribution in [0.3, 0.4) is 0 Å². The maximum Gasteiger partial charge on any atom is 0.255 e. The molecule has 2 rings (SSSR count). The van der Waals surface area contributed by atoms with Crippen LogP contribution in [0.2, 0.25) is 10.0 Å². The standard InChI is InChI=1S/C16H19Cl2N3O/c1-9(2)8-19-16(22)15-10(3)20-21(11(15)4)12-5-6-13(17)14(18)7-12/h5-7,9H,8H2,1-4H3,(H,19,22). The maximum absolute atomic E-state index is 12.3. The van der Waals surface area contributed by atoms with E-state index in [4.69, 9.17) is 23.2 Å². The number of aromatic nitrogens is 2. The topological polar surface area (TPSA) is 46.9 Å². The molecule has 0 saturated heterocycles. The van der Waals surface area contributed by atoms with Crippen LogP contribution < -0.4 is 5.32 Å². The largest absolute Gasteiger partial charge is 0.352 e. The number of benzene rings is 1. The molecule has 118 valence electrons. The van der Waals surface area contributed by atoms with E-state index >= 15 is 0 Å². The molecule has 0 aliphatic carbocycles. The van der Waals surface area contributed by atoms with Crippen LogP contribution in [0, 0.1) is 19.8 Å². The van der Waals surface area contributed by atoms with Crippen LogP contribution in [-0.4, -0.2) is 22.2 Å². The van der Waals surface area contributed by atoms with Crippen molar-refractivity contribution in [3.8, 4) is 5.69 Å². The predicted molar refractivity (Wildman–Crippen MR) is 90.2 cm³/mol. The Balaban J connectivity index is 2.38. The zero-order valence-corrected chi connectivity index (χ0v) is 14.6.